The number of aryl methyl sites for hydroxylation is 2. The highest BCUT2D eigenvalue weighted by Gasteiger charge is 2.19. The van der Waals surface area contributed by atoms with Gasteiger partial charge in [0.2, 0.25) is 0 Å². The second kappa shape index (κ2) is 5.75. The van der Waals surface area contributed by atoms with Gasteiger partial charge in [0, 0.05) is 10.9 Å². The van der Waals surface area contributed by atoms with E-state index in [2.05, 4.69) is 10.3 Å². The van der Waals surface area contributed by atoms with Crippen molar-refractivity contribution in [1.29, 1.82) is 0 Å². The molecule has 2 rings (SSSR count). The summed E-state index contributed by atoms with van der Waals surface area (Å²) >= 11 is 1.55. The smallest absolute Gasteiger partial charge is 0.126 e. The average molecular weight is 282 g/mol. The van der Waals surface area contributed by atoms with Crippen molar-refractivity contribution >= 4 is 11.3 Å². The van der Waals surface area contributed by atoms with E-state index in [0.29, 0.717) is 12.1 Å². The maximum absolute atomic E-state index is 13.3. The van der Waals surface area contributed by atoms with Crippen molar-refractivity contribution in [3.05, 3.63) is 51.0 Å². The van der Waals surface area contributed by atoms with E-state index in [1.54, 1.807) is 11.3 Å². The highest BCUT2D eigenvalue weighted by Crippen LogP contribution is 2.28. The maximum atomic E-state index is 13.3. The summed E-state index contributed by atoms with van der Waals surface area (Å²) < 4.78 is 26.7. The summed E-state index contributed by atoms with van der Waals surface area (Å²) in [5.74, 6) is -1.13. The Kier molecular flexibility index (Phi) is 4.27. The van der Waals surface area contributed by atoms with Crippen LogP contribution in [0.2, 0.25) is 0 Å². The van der Waals surface area contributed by atoms with Crippen LogP contribution in [0.1, 0.15) is 34.1 Å². The van der Waals surface area contributed by atoms with Crippen LogP contribution in [-0.4, -0.2) is 11.5 Å². The molecule has 0 radical (unpaired) electrons. The number of nitrogens with zero attached hydrogens (tertiary/aromatic N) is 1. The molecule has 0 aliphatic heterocycles. The van der Waals surface area contributed by atoms with E-state index in [0.717, 1.165) is 21.6 Å². The van der Waals surface area contributed by atoms with Crippen LogP contribution in [-0.2, 0) is 0 Å². The van der Waals surface area contributed by atoms with Crippen LogP contribution in [0, 0.1) is 25.5 Å². The first-order valence-electron chi connectivity index (χ1n) is 6.14. The Balaban J connectivity index is 2.44. The average Bonchev–Trinajstić information content (AvgIpc) is 2.65. The van der Waals surface area contributed by atoms with E-state index in [4.69, 9.17) is 0 Å². The maximum Gasteiger partial charge on any atom is 0.126 e. The second-order valence-corrected chi connectivity index (χ2v) is 5.62. The summed E-state index contributed by atoms with van der Waals surface area (Å²) in [6.45, 7) is 6.58. The highest BCUT2D eigenvalue weighted by atomic mass is 32.1. The van der Waals surface area contributed by atoms with Gasteiger partial charge in [-0.05, 0) is 38.1 Å². The zero-order chi connectivity index (χ0) is 14.0. The molecule has 19 heavy (non-hydrogen) atoms. The number of thiazole rings is 1. The van der Waals surface area contributed by atoms with Gasteiger partial charge in [-0.15, -0.1) is 11.3 Å². The standard InChI is InChI=1S/C14H16F2N2S/c1-4-17-13(14-18-8(2)9(3)19-14)10-5-11(15)7-12(16)6-10/h5-7,13,17H,4H2,1-3H3. The van der Waals surface area contributed by atoms with Crippen LogP contribution in [0.4, 0.5) is 8.78 Å². The minimum absolute atomic E-state index is 0.271. The molecule has 5 heteroatoms. The van der Waals surface area contributed by atoms with Crippen LogP contribution in [0.5, 0.6) is 0 Å². The molecule has 1 heterocycles. The second-order valence-electron chi connectivity index (χ2n) is 4.39. The fourth-order valence-electron chi connectivity index (χ4n) is 1.91. The molecule has 1 atom stereocenters. The molecule has 102 valence electrons. The summed E-state index contributed by atoms with van der Waals surface area (Å²) in [5, 5.41) is 4.06. The number of benzene rings is 1. The summed E-state index contributed by atoms with van der Waals surface area (Å²) in [6.07, 6.45) is 0. The molecule has 1 aromatic heterocycles. The molecular weight excluding hydrogens is 266 g/mol. The first-order valence-corrected chi connectivity index (χ1v) is 6.96. The molecule has 1 N–H and O–H groups in total. The van der Waals surface area contributed by atoms with Crippen molar-refractivity contribution in [2.45, 2.75) is 26.8 Å². The molecule has 2 aromatic rings. The van der Waals surface area contributed by atoms with E-state index in [1.807, 2.05) is 20.8 Å². The fraction of sp³-hybridized carbons (Fsp3) is 0.357. The quantitative estimate of drug-likeness (QED) is 0.924. The van der Waals surface area contributed by atoms with Gasteiger partial charge in [0.1, 0.15) is 16.6 Å². The Morgan fingerprint density at radius 3 is 2.32 bits per heavy atom. The summed E-state index contributed by atoms with van der Waals surface area (Å²) in [5.41, 5.74) is 1.52. The molecule has 0 aliphatic rings. The SMILES string of the molecule is CCNC(c1cc(F)cc(F)c1)c1nc(C)c(C)s1. The monoisotopic (exact) mass is 282 g/mol. The Morgan fingerprint density at radius 2 is 1.84 bits per heavy atom. The van der Waals surface area contributed by atoms with E-state index in [-0.39, 0.29) is 6.04 Å². The lowest BCUT2D eigenvalue weighted by molar-refractivity contribution is 0.564. The molecule has 1 aromatic carbocycles. The van der Waals surface area contributed by atoms with Gasteiger partial charge < -0.3 is 5.32 Å². The van der Waals surface area contributed by atoms with E-state index >= 15 is 0 Å². The predicted molar refractivity (Wildman–Crippen MR) is 73.5 cm³/mol. The number of hydrogen-bond acceptors (Lipinski definition) is 3. The third-order valence-corrected chi connectivity index (χ3v) is 4.06. The predicted octanol–water partition coefficient (Wildman–Crippen LogP) is 3.74. The fourth-order valence-corrected chi connectivity index (χ4v) is 2.94. The van der Waals surface area contributed by atoms with Crippen molar-refractivity contribution in [3.63, 3.8) is 0 Å². The number of rotatable bonds is 4. The van der Waals surface area contributed by atoms with Gasteiger partial charge in [0.05, 0.1) is 11.7 Å². The first kappa shape index (κ1) is 14.1. The lowest BCUT2D eigenvalue weighted by Crippen LogP contribution is -2.22. The number of hydrogen-bond donors (Lipinski definition) is 1. The first-order chi connectivity index (χ1) is 9.01. The Morgan fingerprint density at radius 1 is 1.21 bits per heavy atom. The Labute approximate surface area is 115 Å². The third kappa shape index (κ3) is 3.16. The Bertz CT molecular complexity index is 541. The van der Waals surface area contributed by atoms with Crippen molar-refractivity contribution < 1.29 is 8.78 Å². The van der Waals surface area contributed by atoms with Gasteiger partial charge in [-0.3, -0.25) is 0 Å². The van der Waals surface area contributed by atoms with Crippen molar-refractivity contribution in [2.24, 2.45) is 0 Å². The normalized spacial score (nSPS) is 12.7. The number of aromatic nitrogens is 1. The van der Waals surface area contributed by atoms with Gasteiger partial charge in [-0.25, -0.2) is 13.8 Å². The van der Waals surface area contributed by atoms with Crippen LogP contribution in [0.25, 0.3) is 0 Å². The zero-order valence-corrected chi connectivity index (χ0v) is 11.9. The summed E-state index contributed by atoms with van der Waals surface area (Å²) in [6, 6.07) is 3.31. The van der Waals surface area contributed by atoms with Gasteiger partial charge in [0.15, 0.2) is 0 Å². The molecule has 2 nitrogen and oxygen atoms in total. The summed E-state index contributed by atoms with van der Waals surface area (Å²) in [7, 11) is 0. The van der Waals surface area contributed by atoms with Gasteiger partial charge >= 0.3 is 0 Å². The molecular formula is C14H16F2N2S. The molecule has 0 fully saturated rings. The molecule has 1 unspecified atom stereocenters. The van der Waals surface area contributed by atoms with Crippen LogP contribution in [0.3, 0.4) is 0 Å². The molecule has 0 amide bonds. The van der Waals surface area contributed by atoms with Crippen molar-refractivity contribution in [3.8, 4) is 0 Å². The minimum Gasteiger partial charge on any atom is -0.305 e. The largest absolute Gasteiger partial charge is 0.305 e. The van der Waals surface area contributed by atoms with Gasteiger partial charge in [0.25, 0.3) is 0 Å². The van der Waals surface area contributed by atoms with Gasteiger partial charge in [-0.1, -0.05) is 6.92 Å². The van der Waals surface area contributed by atoms with E-state index in [9.17, 15) is 8.78 Å². The van der Waals surface area contributed by atoms with Crippen molar-refractivity contribution in [1.82, 2.24) is 10.3 Å². The highest BCUT2D eigenvalue weighted by molar-refractivity contribution is 7.11. The molecule has 0 aliphatic carbocycles. The van der Waals surface area contributed by atoms with Crippen LogP contribution < -0.4 is 5.32 Å². The van der Waals surface area contributed by atoms with Gasteiger partial charge in [-0.2, -0.15) is 0 Å². The number of nitrogens with one attached hydrogen (secondary N) is 1. The topological polar surface area (TPSA) is 24.9 Å². The van der Waals surface area contributed by atoms with Crippen molar-refractivity contribution in [2.75, 3.05) is 6.54 Å². The third-order valence-electron chi connectivity index (χ3n) is 2.92. The molecule has 0 bridgehead atoms. The molecule has 0 saturated heterocycles. The number of halogens is 2. The van der Waals surface area contributed by atoms with Crippen LogP contribution >= 0.6 is 11.3 Å². The molecule has 0 saturated carbocycles. The lowest BCUT2D eigenvalue weighted by Gasteiger charge is -2.16. The van der Waals surface area contributed by atoms with E-state index in [1.165, 1.54) is 12.1 Å². The molecule has 0 spiro atoms. The van der Waals surface area contributed by atoms with Crippen LogP contribution in [0.15, 0.2) is 18.2 Å². The minimum atomic E-state index is -0.567. The van der Waals surface area contributed by atoms with E-state index < -0.39 is 11.6 Å². The zero-order valence-electron chi connectivity index (χ0n) is 11.1. The Hall–Kier alpha value is -1.33. The summed E-state index contributed by atoms with van der Waals surface area (Å²) in [4.78, 5) is 5.60. The lowest BCUT2D eigenvalue weighted by atomic mass is 10.1.